The molecule has 122 valence electrons. The van der Waals surface area contributed by atoms with Crippen molar-refractivity contribution in [3.63, 3.8) is 0 Å². The van der Waals surface area contributed by atoms with E-state index >= 15 is 0 Å². The summed E-state index contributed by atoms with van der Waals surface area (Å²) in [7, 11) is 0. The number of carbonyl (C=O) groups is 1. The van der Waals surface area contributed by atoms with Crippen LogP contribution in [0.5, 0.6) is 11.5 Å². The predicted octanol–water partition coefficient (Wildman–Crippen LogP) is 3.56. The molecule has 4 nitrogen and oxygen atoms in total. The molecular formula is C16H14F3NO3. The van der Waals surface area contributed by atoms with Crippen LogP contribution in [-0.4, -0.2) is 12.3 Å². The Balaban J connectivity index is 2.17. The Morgan fingerprint density at radius 3 is 2.26 bits per heavy atom. The van der Waals surface area contributed by atoms with E-state index in [1.807, 2.05) is 0 Å². The summed E-state index contributed by atoms with van der Waals surface area (Å²) < 4.78 is 45.2. The van der Waals surface area contributed by atoms with Crippen molar-refractivity contribution in [2.45, 2.75) is 19.3 Å². The number of nitrogens with two attached hydrogens (primary N) is 1. The molecular weight excluding hydrogens is 311 g/mol. The Kier molecular flexibility index (Phi) is 4.90. The molecule has 2 N–H and O–H groups in total. The van der Waals surface area contributed by atoms with Crippen molar-refractivity contribution in [1.29, 1.82) is 0 Å². The molecule has 23 heavy (non-hydrogen) atoms. The lowest BCUT2D eigenvalue weighted by Crippen LogP contribution is -2.17. The summed E-state index contributed by atoms with van der Waals surface area (Å²) in [5.41, 5.74) is 7.35. The summed E-state index contributed by atoms with van der Waals surface area (Å²) in [5.74, 6) is -0.422. The Morgan fingerprint density at radius 1 is 1.04 bits per heavy atom. The molecule has 0 aliphatic rings. The zero-order valence-corrected chi connectivity index (χ0v) is 12.1. The fourth-order valence-electron chi connectivity index (χ4n) is 2.01. The summed E-state index contributed by atoms with van der Waals surface area (Å²) in [6.45, 7) is 1.28. The van der Waals surface area contributed by atoms with Gasteiger partial charge in [-0.05, 0) is 35.4 Å². The molecule has 2 aromatic carbocycles. The van der Waals surface area contributed by atoms with Gasteiger partial charge in [-0.15, -0.1) is 13.2 Å². The molecule has 0 heterocycles. The summed E-state index contributed by atoms with van der Waals surface area (Å²) in [6.07, 6.45) is -4.73. The van der Waals surface area contributed by atoms with E-state index in [0.29, 0.717) is 16.9 Å². The van der Waals surface area contributed by atoms with Crippen LogP contribution < -0.4 is 15.2 Å². The zero-order chi connectivity index (χ0) is 17.0. The second-order valence-corrected chi connectivity index (χ2v) is 4.76. The van der Waals surface area contributed by atoms with Crippen molar-refractivity contribution in [2.75, 3.05) is 0 Å². The number of hydrogen-bond acceptors (Lipinski definition) is 4. The molecule has 2 rings (SSSR count). The van der Waals surface area contributed by atoms with Crippen molar-refractivity contribution >= 4 is 5.97 Å². The summed E-state index contributed by atoms with van der Waals surface area (Å²) in [6, 6.07) is 11.3. The predicted molar refractivity (Wildman–Crippen MR) is 76.9 cm³/mol. The second-order valence-electron chi connectivity index (χ2n) is 4.76. The highest BCUT2D eigenvalue weighted by atomic mass is 19.4. The number of carbonyl (C=O) groups excluding carboxylic acids is 1. The third-order valence-electron chi connectivity index (χ3n) is 2.95. The first-order valence-corrected chi connectivity index (χ1v) is 6.64. The smallest absolute Gasteiger partial charge is 0.427 e. The number of hydrogen-bond donors (Lipinski definition) is 1. The molecule has 0 bridgehead atoms. The second kappa shape index (κ2) is 6.70. The van der Waals surface area contributed by atoms with E-state index < -0.39 is 18.4 Å². The molecule has 0 fully saturated rings. The highest BCUT2D eigenvalue weighted by Crippen LogP contribution is 2.27. The van der Waals surface area contributed by atoms with E-state index in [1.54, 1.807) is 24.3 Å². The molecule has 0 aliphatic carbocycles. The van der Waals surface area contributed by atoms with Gasteiger partial charge in [0.25, 0.3) is 0 Å². The quantitative estimate of drug-likeness (QED) is 0.690. The average Bonchev–Trinajstić information content (AvgIpc) is 2.45. The van der Waals surface area contributed by atoms with Crippen molar-refractivity contribution in [1.82, 2.24) is 0 Å². The van der Waals surface area contributed by atoms with Crippen LogP contribution >= 0.6 is 0 Å². The van der Waals surface area contributed by atoms with Crippen LogP contribution in [0.2, 0.25) is 0 Å². The minimum absolute atomic E-state index is 0.317. The van der Waals surface area contributed by atoms with Crippen LogP contribution in [0.3, 0.4) is 0 Å². The minimum atomic E-state index is -4.73. The van der Waals surface area contributed by atoms with Gasteiger partial charge in [0.05, 0.1) is 6.04 Å². The fourth-order valence-corrected chi connectivity index (χ4v) is 2.01. The molecule has 0 aliphatic heterocycles. The van der Waals surface area contributed by atoms with E-state index in [1.165, 1.54) is 31.2 Å². The fraction of sp³-hybridized carbons (Fsp3) is 0.188. The topological polar surface area (TPSA) is 61.5 Å². The van der Waals surface area contributed by atoms with Crippen LogP contribution in [0.25, 0.3) is 0 Å². The lowest BCUT2D eigenvalue weighted by atomic mass is 9.99. The first-order chi connectivity index (χ1) is 10.7. The third-order valence-corrected chi connectivity index (χ3v) is 2.95. The van der Waals surface area contributed by atoms with Crippen LogP contribution in [0.1, 0.15) is 24.1 Å². The molecule has 0 unspecified atom stereocenters. The van der Waals surface area contributed by atoms with Crippen LogP contribution in [0.15, 0.2) is 48.5 Å². The Hall–Kier alpha value is -2.54. The zero-order valence-electron chi connectivity index (χ0n) is 12.1. The standard InChI is InChI=1S/C16H14F3NO3/c1-10(21)22-14-4-2-3-12(9-14)15(20)11-5-7-13(8-6-11)23-16(17,18)19/h2-9,15H,20H2,1H3/t15-/m0/s1. The monoisotopic (exact) mass is 325 g/mol. The molecule has 0 radical (unpaired) electrons. The van der Waals surface area contributed by atoms with Crippen LogP contribution in [0, 0.1) is 0 Å². The largest absolute Gasteiger partial charge is 0.573 e. The first kappa shape index (κ1) is 16.8. The third kappa shape index (κ3) is 5.00. The molecule has 0 amide bonds. The molecule has 2 aromatic rings. The summed E-state index contributed by atoms with van der Waals surface area (Å²) >= 11 is 0. The van der Waals surface area contributed by atoms with Gasteiger partial charge in [0, 0.05) is 6.92 Å². The van der Waals surface area contributed by atoms with Crippen molar-refractivity contribution < 1.29 is 27.4 Å². The Morgan fingerprint density at radius 2 is 1.70 bits per heavy atom. The van der Waals surface area contributed by atoms with Gasteiger partial charge in [-0.1, -0.05) is 24.3 Å². The van der Waals surface area contributed by atoms with Gasteiger partial charge in [0.15, 0.2) is 0 Å². The van der Waals surface area contributed by atoms with E-state index in [9.17, 15) is 18.0 Å². The maximum absolute atomic E-state index is 12.1. The van der Waals surface area contributed by atoms with Gasteiger partial charge in [-0.3, -0.25) is 4.79 Å². The number of halogens is 3. The van der Waals surface area contributed by atoms with Gasteiger partial charge in [-0.25, -0.2) is 0 Å². The SMILES string of the molecule is CC(=O)Oc1cccc([C@@H](N)c2ccc(OC(F)(F)F)cc2)c1. The Labute approximate surface area is 130 Å². The van der Waals surface area contributed by atoms with Crippen molar-refractivity contribution in [2.24, 2.45) is 5.73 Å². The normalized spacial score (nSPS) is 12.6. The van der Waals surface area contributed by atoms with E-state index in [-0.39, 0.29) is 5.75 Å². The van der Waals surface area contributed by atoms with Gasteiger partial charge < -0.3 is 15.2 Å². The highest BCUT2D eigenvalue weighted by molar-refractivity contribution is 5.69. The molecule has 0 spiro atoms. The number of alkyl halides is 3. The molecule has 0 saturated heterocycles. The first-order valence-electron chi connectivity index (χ1n) is 6.64. The number of rotatable bonds is 4. The maximum atomic E-state index is 12.1. The highest BCUT2D eigenvalue weighted by Gasteiger charge is 2.31. The lowest BCUT2D eigenvalue weighted by molar-refractivity contribution is -0.274. The van der Waals surface area contributed by atoms with Gasteiger partial charge in [0.1, 0.15) is 11.5 Å². The van der Waals surface area contributed by atoms with Gasteiger partial charge in [0.2, 0.25) is 0 Å². The Bertz CT molecular complexity index is 684. The summed E-state index contributed by atoms with van der Waals surface area (Å²) in [5, 5.41) is 0. The maximum Gasteiger partial charge on any atom is 0.573 e. The van der Waals surface area contributed by atoms with E-state index in [2.05, 4.69) is 4.74 Å². The van der Waals surface area contributed by atoms with Crippen molar-refractivity contribution in [3.8, 4) is 11.5 Å². The number of benzene rings is 2. The van der Waals surface area contributed by atoms with Crippen molar-refractivity contribution in [3.05, 3.63) is 59.7 Å². The van der Waals surface area contributed by atoms with Gasteiger partial charge in [-0.2, -0.15) is 0 Å². The lowest BCUT2D eigenvalue weighted by Gasteiger charge is -2.15. The number of esters is 1. The van der Waals surface area contributed by atoms with E-state index in [4.69, 9.17) is 10.5 Å². The molecule has 0 aromatic heterocycles. The number of ether oxygens (including phenoxy) is 2. The molecule has 7 heteroatoms. The van der Waals surface area contributed by atoms with Gasteiger partial charge >= 0.3 is 12.3 Å². The summed E-state index contributed by atoms with van der Waals surface area (Å²) in [4.78, 5) is 11.0. The van der Waals surface area contributed by atoms with E-state index in [0.717, 1.165) is 0 Å². The molecule has 0 saturated carbocycles. The average molecular weight is 325 g/mol. The van der Waals surface area contributed by atoms with Crippen LogP contribution in [-0.2, 0) is 4.79 Å². The van der Waals surface area contributed by atoms with Crippen LogP contribution in [0.4, 0.5) is 13.2 Å². The minimum Gasteiger partial charge on any atom is -0.427 e. The molecule has 1 atom stereocenters.